The van der Waals surface area contributed by atoms with Crippen molar-refractivity contribution < 1.29 is 9.53 Å². The number of carbonyl (C=O) groups excluding carboxylic acids is 1. The topological polar surface area (TPSA) is 38.3 Å². The molecule has 0 aliphatic heterocycles. The molecular weight excluding hydrogens is 298 g/mol. The van der Waals surface area contributed by atoms with E-state index in [0.717, 1.165) is 23.3 Å². The molecule has 126 valence electrons. The van der Waals surface area contributed by atoms with Gasteiger partial charge in [-0.2, -0.15) is 0 Å². The first-order valence-corrected chi connectivity index (χ1v) is 8.26. The molecule has 0 saturated carbocycles. The second-order valence-corrected chi connectivity index (χ2v) is 6.18. The molecule has 0 bridgehead atoms. The van der Waals surface area contributed by atoms with Crippen LogP contribution in [0.3, 0.4) is 0 Å². The molecule has 0 radical (unpaired) electrons. The summed E-state index contributed by atoms with van der Waals surface area (Å²) in [6, 6.07) is 17.7. The Labute approximate surface area is 144 Å². The van der Waals surface area contributed by atoms with Gasteiger partial charge in [-0.25, -0.2) is 0 Å². The monoisotopic (exact) mass is 323 g/mol. The lowest BCUT2D eigenvalue weighted by Crippen LogP contribution is -2.27. The summed E-state index contributed by atoms with van der Waals surface area (Å²) in [6.45, 7) is 4.32. The van der Waals surface area contributed by atoms with E-state index < -0.39 is 0 Å². The van der Waals surface area contributed by atoms with E-state index in [-0.39, 0.29) is 11.9 Å². The fraction of sp³-hybridized carbons (Fsp3) is 0.286. The van der Waals surface area contributed by atoms with Gasteiger partial charge in [0.05, 0.1) is 13.2 Å². The van der Waals surface area contributed by atoms with Crippen molar-refractivity contribution >= 4 is 12.0 Å². The summed E-state index contributed by atoms with van der Waals surface area (Å²) in [4.78, 5) is 12.3. The van der Waals surface area contributed by atoms with Crippen molar-refractivity contribution in [2.75, 3.05) is 7.11 Å². The molecule has 2 aromatic rings. The maximum atomic E-state index is 12.3. The summed E-state index contributed by atoms with van der Waals surface area (Å²) in [5.41, 5.74) is 2.01. The zero-order valence-corrected chi connectivity index (χ0v) is 14.5. The number of ether oxygens (including phenoxy) is 1. The maximum Gasteiger partial charge on any atom is 0.244 e. The van der Waals surface area contributed by atoms with Crippen LogP contribution < -0.4 is 10.1 Å². The fourth-order valence-corrected chi connectivity index (χ4v) is 2.62. The van der Waals surface area contributed by atoms with E-state index in [9.17, 15) is 4.79 Å². The first kappa shape index (κ1) is 17.8. The molecule has 2 aromatic carbocycles. The molecule has 0 aliphatic carbocycles. The Bertz CT molecular complexity index is 677. The third kappa shape index (κ3) is 5.27. The fourth-order valence-electron chi connectivity index (χ4n) is 2.62. The first-order valence-electron chi connectivity index (χ1n) is 8.26. The lowest BCUT2D eigenvalue weighted by Gasteiger charge is -2.20. The minimum atomic E-state index is -0.101. The van der Waals surface area contributed by atoms with E-state index in [2.05, 4.69) is 31.3 Å². The van der Waals surface area contributed by atoms with Crippen molar-refractivity contribution in [2.24, 2.45) is 5.92 Å². The van der Waals surface area contributed by atoms with E-state index in [1.807, 2.05) is 42.5 Å². The number of hydrogen-bond acceptors (Lipinski definition) is 2. The highest BCUT2D eigenvalue weighted by Crippen LogP contribution is 2.22. The SMILES string of the molecule is COc1ccccc1/C=C/C(=O)NC(CC(C)C)c1ccccc1. The third-order valence-electron chi connectivity index (χ3n) is 3.78. The molecule has 3 nitrogen and oxygen atoms in total. The summed E-state index contributed by atoms with van der Waals surface area (Å²) in [5, 5.41) is 3.11. The molecule has 24 heavy (non-hydrogen) atoms. The van der Waals surface area contributed by atoms with Crippen molar-refractivity contribution in [1.82, 2.24) is 5.32 Å². The van der Waals surface area contributed by atoms with Crippen LogP contribution in [0.5, 0.6) is 5.75 Å². The van der Waals surface area contributed by atoms with E-state index in [4.69, 9.17) is 4.74 Å². The molecular formula is C21H25NO2. The lowest BCUT2D eigenvalue weighted by atomic mass is 9.97. The number of nitrogens with one attached hydrogen (secondary N) is 1. The number of rotatable bonds is 7. The van der Waals surface area contributed by atoms with Crippen LogP contribution in [0.1, 0.15) is 37.4 Å². The standard InChI is InChI=1S/C21H25NO2/c1-16(2)15-19(17-9-5-4-6-10-17)22-21(23)14-13-18-11-7-8-12-20(18)24-3/h4-14,16,19H,15H2,1-3H3,(H,22,23)/b14-13+. The van der Waals surface area contributed by atoms with Gasteiger partial charge in [-0.15, -0.1) is 0 Å². The van der Waals surface area contributed by atoms with Gasteiger partial charge in [0.15, 0.2) is 0 Å². The van der Waals surface area contributed by atoms with Crippen molar-refractivity contribution in [3.05, 3.63) is 71.8 Å². The van der Waals surface area contributed by atoms with E-state index in [1.165, 1.54) is 0 Å². The molecule has 0 fully saturated rings. The number of para-hydroxylation sites is 1. The van der Waals surface area contributed by atoms with E-state index in [0.29, 0.717) is 5.92 Å². The van der Waals surface area contributed by atoms with Gasteiger partial charge < -0.3 is 10.1 Å². The first-order chi connectivity index (χ1) is 11.6. The molecule has 0 aliphatic rings. The smallest absolute Gasteiger partial charge is 0.244 e. The predicted octanol–water partition coefficient (Wildman–Crippen LogP) is 4.61. The molecule has 0 spiro atoms. The van der Waals surface area contributed by atoms with E-state index in [1.54, 1.807) is 19.3 Å². The Morgan fingerprint density at radius 1 is 1.08 bits per heavy atom. The summed E-state index contributed by atoms with van der Waals surface area (Å²) >= 11 is 0. The largest absolute Gasteiger partial charge is 0.496 e. The summed E-state index contributed by atoms with van der Waals surface area (Å²) in [6.07, 6.45) is 4.25. The minimum Gasteiger partial charge on any atom is -0.496 e. The van der Waals surface area contributed by atoms with Crippen LogP contribution in [-0.2, 0) is 4.79 Å². The molecule has 1 N–H and O–H groups in total. The molecule has 0 heterocycles. The van der Waals surface area contributed by atoms with Gasteiger partial charge in [-0.3, -0.25) is 4.79 Å². The molecule has 0 saturated heterocycles. The van der Waals surface area contributed by atoms with Gasteiger partial charge in [0, 0.05) is 11.6 Å². The number of methoxy groups -OCH3 is 1. The van der Waals surface area contributed by atoms with Gasteiger partial charge in [0.1, 0.15) is 5.75 Å². The van der Waals surface area contributed by atoms with Gasteiger partial charge in [-0.1, -0.05) is 62.4 Å². The second-order valence-electron chi connectivity index (χ2n) is 6.18. The van der Waals surface area contributed by atoms with Crippen LogP contribution in [0.25, 0.3) is 6.08 Å². The summed E-state index contributed by atoms with van der Waals surface area (Å²) in [7, 11) is 1.63. The second kappa shape index (κ2) is 8.92. The van der Waals surface area contributed by atoms with Crippen LogP contribution in [0.4, 0.5) is 0 Å². The highest BCUT2D eigenvalue weighted by atomic mass is 16.5. The number of carbonyl (C=O) groups is 1. The van der Waals surface area contributed by atoms with Gasteiger partial charge >= 0.3 is 0 Å². The summed E-state index contributed by atoms with van der Waals surface area (Å²) in [5.74, 6) is 1.15. The molecule has 0 aromatic heterocycles. The Morgan fingerprint density at radius 3 is 2.42 bits per heavy atom. The van der Waals surface area contributed by atoms with Gasteiger partial charge in [0.25, 0.3) is 0 Å². The highest BCUT2D eigenvalue weighted by molar-refractivity contribution is 5.92. The van der Waals surface area contributed by atoms with Crippen molar-refractivity contribution in [3.63, 3.8) is 0 Å². The highest BCUT2D eigenvalue weighted by Gasteiger charge is 2.14. The number of amides is 1. The van der Waals surface area contributed by atoms with Gasteiger partial charge in [-0.05, 0) is 30.0 Å². The lowest BCUT2D eigenvalue weighted by molar-refractivity contribution is -0.117. The van der Waals surface area contributed by atoms with Crippen molar-refractivity contribution in [2.45, 2.75) is 26.3 Å². The molecule has 3 heteroatoms. The van der Waals surface area contributed by atoms with Crippen LogP contribution in [0.2, 0.25) is 0 Å². The number of hydrogen-bond donors (Lipinski definition) is 1. The zero-order chi connectivity index (χ0) is 17.4. The van der Waals surface area contributed by atoms with E-state index >= 15 is 0 Å². The molecule has 1 unspecified atom stereocenters. The third-order valence-corrected chi connectivity index (χ3v) is 3.78. The van der Waals surface area contributed by atoms with Gasteiger partial charge in [0.2, 0.25) is 5.91 Å². The molecule has 1 amide bonds. The van der Waals surface area contributed by atoms with Crippen LogP contribution in [0.15, 0.2) is 60.7 Å². The average molecular weight is 323 g/mol. The molecule has 2 rings (SSSR count). The zero-order valence-electron chi connectivity index (χ0n) is 14.5. The quantitative estimate of drug-likeness (QED) is 0.756. The van der Waals surface area contributed by atoms with Crippen LogP contribution >= 0.6 is 0 Å². The maximum absolute atomic E-state index is 12.3. The Kier molecular flexibility index (Phi) is 6.62. The number of benzene rings is 2. The normalized spacial score (nSPS) is 12.3. The summed E-state index contributed by atoms with van der Waals surface area (Å²) < 4.78 is 5.30. The van der Waals surface area contributed by atoms with Crippen molar-refractivity contribution in [1.29, 1.82) is 0 Å². The Morgan fingerprint density at radius 2 is 1.75 bits per heavy atom. The van der Waals surface area contributed by atoms with Crippen LogP contribution in [0, 0.1) is 5.92 Å². The molecule has 1 atom stereocenters. The van der Waals surface area contributed by atoms with Crippen molar-refractivity contribution in [3.8, 4) is 5.75 Å². The Balaban J connectivity index is 2.09. The predicted molar refractivity (Wildman–Crippen MR) is 98.8 cm³/mol. The van der Waals surface area contributed by atoms with Crippen LogP contribution in [-0.4, -0.2) is 13.0 Å². The Hall–Kier alpha value is -2.55. The minimum absolute atomic E-state index is 0.0148. The average Bonchev–Trinajstić information content (AvgIpc) is 2.60.